The second-order valence-corrected chi connectivity index (χ2v) is 5.13. The topological polar surface area (TPSA) is 53.9 Å². The van der Waals surface area contributed by atoms with Crippen LogP contribution in [0.25, 0.3) is 11.4 Å². The highest BCUT2D eigenvalue weighted by molar-refractivity contribution is 5.60. The Morgan fingerprint density at radius 2 is 2.33 bits per heavy atom. The molecule has 1 aliphatic rings. The van der Waals surface area contributed by atoms with Gasteiger partial charge in [-0.1, -0.05) is 6.08 Å². The molecule has 5 nitrogen and oxygen atoms in total. The second kappa shape index (κ2) is 6.01. The lowest BCUT2D eigenvalue weighted by Gasteiger charge is -2.25. The van der Waals surface area contributed by atoms with Gasteiger partial charge in [0.1, 0.15) is 5.82 Å². The molecule has 1 aliphatic heterocycles. The molecule has 2 aromatic rings. The van der Waals surface area contributed by atoms with Crippen LogP contribution < -0.4 is 10.2 Å². The molecule has 0 saturated carbocycles. The molecule has 0 aliphatic carbocycles. The number of hydrogen-bond donors (Lipinski definition) is 1. The molecule has 3 rings (SSSR count). The molecule has 0 unspecified atom stereocenters. The fraction of sp³-hybridized carbons (Fsp3) is 0.312. The molecule has 0 fully saturated rings. The van der Waals surface area contributed by atoms with Crippen LogP contribution in [0.3, 0.4) is 0 Å². The van der Waals surface area contributed by atoms with Crippen LogP contribution in [0.15, 0.2) is 37.2 Å². The van der Waals surface area contributed by atoms with Gasteiger partial charge in [-0.15, -0.1) is 6.58 Å². The Bertz CT molecular complexity index is 639. The Hall–Kier alpha value is -2.27. The predicted molar refractivity (Wildman–Crippen MR) is 84.1 cm³/mol. The Labute approximate surface area is 124 Å². The van der Waals surface area contributed by atoms with Crippen LogP contribution in [-0.4, -0.2) is 35.1 Å². The summed E-state index contributed by atoms with van der Waals surface area (Å²) in [6.07, 6.45) is 6.41. The van der Waals surface area contributed by atoms with Gasteiger partial charge in [0.25, 0.3) is 0 Å². The molecule has 108 valence electrons. The second-order valence-electron chi connectivity index (χ2n) is 5.13. The number of rotatable bonds is 4. The molecule has 2 aromatic heterocycles. The van der Waals surface area contributed by atoms with Crippen LogP contribution in [0.4, 0.5) is 5.82 Å². The summed E-state index contributed by atoms with van der Waals surface area (Å²) in [4.78, 5) is 15.8. The Morgan fingerprint density at radius 1 is 1.43 bits per heavy atom. The van der Waals surface area contributed by atoms with Gasteiger partial charge in [-0.05, 0) is 25.1 Å². The first kappa shape index (κ1) is 13.7. The SMILES string of the molecule is C=CCN(C)c1nc(-c2cccnc2)nc2c1CCNC2. The number of aromatic nitrogens is 3. The third-order valence-electron chi connectivity index (χ3n) is 3.60. The van der Waals surface area contributed by atoms with Gasteiger partial charge in [0, 0.05) is 43.7 Å². The van der Waals surface area contributed by atoms with Crippen molar-refractivity contribution in [1.29, 1.82) is 0 Å². The number of anilines is 1. The lowest BCUT2D eigenvalue weighted by atomic mass is 10.1. The first-order valence-electron chi connectivity index (χ1n) is 7.12. The van der Waals surface area contributed by atoms with E-state index in [0.717, 1.165) is 49.0 Å². The minimum absolute atomic E-state index is 0.733. The smallest absolute Gasteiger partial charge is 0.163 e. The summed E-state index contributed by atoms with van der Waals surface area (Å²) in [7, 11) is 2.04. The lowest BCUT2D eigenvalue weighted by Crippen LogP contribution is -2.29. The van der Waals surface area contributed by atoms with E-state index in [4.69, 9.17) is 9.97 Å². The third-order valence-corrected chi connectivity index (χ3v) is 3.60. The van der Waals surface area contributed by atoms with Gasteiger partial charge in [-0.2, -0.15) is 0 Å². The molecule has 0 spiro atoms. The molecule has 0 amide bonds. The zero-order chi connectivity index (χ0) is 14.7. The summed E-state index contributed by atoms with van der Waals surface area (Å²) in [5.74, 6) is 1.73. The maximum absolute atomic E-state index is 4.77. The van der Waals surface area contributed by atoms with E-state index in [-0.39, 0.29) is 0 Å². The predicted octanol–water partition coefficient (Wildman–Crippen LogP) is 1.81. The third kappa shape index (κ3) is 2.78. The Kier molecular flexibility index (Phi) is 3.92. The van der Waals surface area contributed by atoms with Crippen molar-refractivity contribution >= 4 is 5.82 Å². The maximum Gasteiger partial charge on any atom is 0.163 e. The zero-order valence-corrected chi connectivity index (χ0v) is 12.2. The largest absolute Gasteiger partial charge is 0.356 e. The van der Waals surface area contributed by atoms with E-state index in [1.165, 1.54) is 5.56 Å². The van der Waals surface area contributed by atoms with Gasteiger partial charge < -0.3 is 10.2 Å². The molecule has 21 heavy (non-hydrogen) atoms. The van der Waals surface area contributed by atoms with E-state index in [1.807, 2.05) is 25.3 Å². The van der Waals surface area contributed by atoms with Crippen LogP contribution in [0.1, 0.15) is 11.3 Å². The van der Waals surface area contributed by atoms with Crippen molar-refractivity contribution in [3.05, 3.63) is 48.4 Å². The van der Waals surface area contributed by atoms with Gasteiger partial charge in [0.2, 0.25) is 0 Å². The number of likely N-dealkylation sites (N-methyl/N-ethyl adjacent to an activating group) is 1. The van der Waals surface area contributed by atoms with Crippen molar-refractivity contribution < 1.29 is 0 Å². The van der Waals surface area contributed by atoms with Crippen LogP contribution in [0.2, 0.25) is 0 Å². The van der Waals surface area contributed by atoms with Gasteiger partial charge in [0.15, 0.2) is 5.82 Å². The Morgan fingerprint density at radius 3 is 3.10 bits per heavy atom. The van der Waals surface area contributed by atoms with Crippen molar-refractivity contribution in [1.82, 2.24) is 20.3 Å². The van der Waals surface area contributed by atoms with Crippen molar-refractivity contribution in [2.45, 2.75) is 13.0 Å². The fourth-order valence-electron chi connectivity index (χ4n) is 2.56. The van der Waals surface area contributed by atoms with Crippen molar-refractivity contribution in [3.8, 4) is 11.4 Å². The molecule has 0 bridgehead atoms. The van der Waals surface area contributed by atoms with E-state index in [2.05, 4.69) is 21.8 Å². The number of nitrogens with zero attached hydrogens (tertiary/aromatic N) is 4. The van der Waals surface area contributed by atoms with E-state index >= 15 is 0 Å². The summed E-state index contributed by atoms with van der Waals surface area (Å²) in [5, 5.41) is 3.37. The number of hydrogen-bond acceptors (Lipinski definition) is 5. The maximum atomic E-state index is 4.77. The molecule has 0 saturated heterocycles. The molecule has 3 heterocycles. The summed E-state index contributed by atoms with van der Waals surface area (Å²) >= 11 is 0. The fourth-order valence-corrected chi connectivity index (χ4v) is 2.56. The summed E-state index contributed by atoms with van der Waals surface area (Å²) in [6.45, 7) is 6.34. The normalized spacial score (nSPS) is 13.6. The molecule has 0 aromatic carbocycles. The average Bonchev–Trinajstić information content (AvgIpc) is 2.55. The quantitative estimate of drug-likeness (QED) is 0.866. The molecule has 0 atom stereocenters. The van der Waals surface area contributed by atoms with E-state index in [0.29, 0.717) is 0 Å². The molecular weight excluding hydrogens is 262 g/mol. The van der Waals surface area contributed by atoms with E-state index < -0.39 is 0 Å². The van der Waals surface area contributed by atoms with Crippen molar-refractivity contribution in [2.75, 3.05) is 25.0 Å². The average molecular weight is 281 g/mol. The van der Waals surface area contributed by atoms with Crippen molar-refractivity contribution in [2.24, 2.45) is 0 Å². The molecular formula is C16H19N5. The van der Waals surface area contributed by atoms with Crippen LogP contribution in [0, 0.1) is 0 Å². The first-order valence-corrected chi connectivity index (χ1v) is 7.12. The van der Waals surface area contributed by atoms with Gasteiger partial charge >= 0.3 is 0 Å². The summed E-state index contributed by atoms with van der Waals surface area (Å²) in [6, 6.07) is 3.89. The monoisotopic (exact) mass is 281 g/mol. The van der Waals surface area contributed by atoms with Gasteiger partial charge in [-0.25, -0.2) is 9.97 Å². The zero-order valence-electron chi connectivity index (χ0n) is 12.2. The highest BCUT2D eigenvalue weighted by Gasteiger charge is 2.20. The Balaban J connectivity index is 2.11. The molecule has 1 N–H and O–H groups in total. The minimum atomic E-state index is 0.733. The van der Waals surface area contributed by atoms with Crippen LogP contribution in [0.5, 0.6) is 0 Å². The minimum Gasteiger partial charge on any atom is -0.356 e. The highest BCUT2D eigenvalue weighted by Crippen LogP contribution is 2.26. The lowest BCUT2D eigenvalue weighted by molar-refractivity contribution is 0.622. The van der Waals surface area contributed by atoms with E-state index in [1.54, 1.807) is 12.4 Å². The molecule has 5 heteroatoms. The van der Waals surface area contributed by atoms with Gasteiger partial charge in [-0.3, -0.25) is 4.98 Å². The molecule has 0 radical (unpaired) electrons. The first-order chi connectivity index (χ1) is 10.3. The van der Waals surface area contributed by atoms with Crippen LogP contribution >= 0.6 is 0 Å². The number of fused-ring (bicyclic) bond motifs is 1. The highest BCUT2D eigenvalue weighted by atomic mass is 15.2. The summed E-state index contributed by atoms with van der Waals surface area (Å²) < 4.78 is 0. The number of pyridine rings is 1. The van der Waals surface area contributed by atoms with Gasteiger partial charge in [0.05, 0.1) is 5.69 Å². The summed E-state index contributed by atoms with van der Waals surface area (Å²) in [5.41, 5.74) is 3.27. The van der Waals surface area contributed by atoms with Crippen molar-refractivity contribution in [3.63, 3.8) is 0 Å². The van der Waals surface area contributed by atoms with E-state index in [9.17, 15) is 0 Å². The number of nitrogens with one attached hydrogen (secondary N) is 1. The van der Waals surface area contributed by atoms with Crippen LogP contribution in [-0.2, 0) is 13.0 Å². The standard InChI is InChI=1S/C16H19N5/c1-3-9-21(2)16-13-6-8-18-11-14(13)19-15(20-16)12-5-4-7-17-10-12/h3-5,7,10,18H,1,6,8-9,11H2,2H3.